The fraction of sp³-hybridized carbons (Fsp3) is 0.333. The molecule has 21 heavy (non-hydrogen) atoms. The first-order valence-electron chi connectivity index (χ1n) is 6.46. The molecule has 0 aliphatic carbocycles. The number of carbonyl (C=O) groups is 2. The maximum atomic E-state index is 11.4. The predicted molar refractivity (Wildman–Crippen MR) is 76.4 cm³/mol. The van der Waals surface area contributed by atoms with Gasteiger partial charge in [-0.3, -0.25) is 4.79 Å². The molecule has 1 aromatic carbocycles. The Morgan fingerprint density at radius 2 is 1.86 bits per heavy atom. The van der Waals surface area contributed by atoms with E-state index in [1.165, 1.54) is 0 Å². The maximum Gasteiger partial charge on any atom is 0.378 e. The lowest BCUT2D eigenvalue weighted by atomic mass is 10.1. The summed E-state index contributed by atoms with van der Waals surface area (Å²) in [7, 11) is 1.09. The van der Waals surface area contributed by atoms with Gasteiger partial charge >= 0.3 is 5.97 Å². The van der Waals surface area contributed by atoms with E-state index >= 15 is 0 Å². The van der Waals surface area contributed by atoms with Crippen molar-refractivity contribution in [2.75, 3.05) is 20.3 Å². The minimum absolute atomic E-state index is 0.289. The molecular formula is C15H18O6. The van der Waals surface area contributed by atoms with E-state index in [1.54, 1.807) is 25.1 Å². The lowest BCUT2D eigenvalue weighted by molar-refractivity contribution is -0.149. The van der Waals surface area contributed by atoms with Crippen molar-refractivity contribution in [3.05, 3.63) is 29.8 Å². The number of aliphatic hydroxyl groups excluding tert-OH is 1. The zero-order chi connectivity index (χ0) is 15.8. The molecule has 0 saturated carbocycles. The largest absolute Gasteiger partial charge is 0.507 e. The van der Waals surface area contributed by atoms with Crippen molar-refractivity contribution < 1.29 is 28.9 Å². The molecule has 0 atom stereocenters. The molecule has 6 heteroatoms. The fourth-order valence-electron chi connectivity index (χ4n) is 1.61. The van der Waals surface area contributed by atoms with Gasteiger partial charge in [-0.05, 0) is 26.0 Å². The molecule has 0 spiro atoms. The van der Waals surface area contributed by atoms with Crippen LogP contribution >= 0.6 is 0 Å². The topological polar surface area (TPSA) is 82.1 Å². The van der Waals surface area contributed by atoms with Crippen LogP contribution in [0.3, 0.4) is 0 Å². The lowest BCUT2D eigenvalue weighted by Gasteiger charge is -2.12. The van der Waals surface area contributed by atoms with E-state index in [0.717, 1.165) is 13.2 Å². The average Bonchev–Trinajstić information content (AvgIpc) is 2.47. The number of esters is 1. The Morgan fingerprint density at radius 3 is 2.43 bits per heavy atom. The van der Waals surface area contributed by atoms with Gasteiger partial charge in [0.2, 0.25) is 0 Å². The number of methoxy groups -OCH3 is 1. The number of ether oxygens (including phenoxy) is 3. The Hall–Kier alpha value is -2.50. The second-order valence-electron chi connectivity index (χ2n) is 3.91. The van der Waals surface area contributed by atoms with Gasteiger partial charge < -0.3 is 19.3 Å². The first-order valence-corrected chi connectivity index (χ1v) is 6.46. The summed E-state index contributed by atoms with van der Waals surface area (Å²) in [5.74, 6) is -1.44. The van der Waals surface area contributed by atoms with E-state index in [2.05, 4.69) is 4.74 Å². The molecule has 114 valence electrons. The zero-order valence-electron chi connectivity index (χ0n) is 12.2. The third-order valence-electron chi connectivity index (χ3n) is 2.49. The van der Waals surface area contributed by atoms with E-state index in [1.807, 2.05) is 6.92 Å². The predicted octanol–water partition coefficient (Wildman–Crippen LogP) is 2.12. The van der Waals surface area contributed by atoms with Gasteiger partial charge in [0.1, 0.15) is 17.3 Å². The van der Waals surface area contributed by atoms with Crippen molar-refractivity contribution >= 4 is 17.5 Å². The van der Waals surface area contributed by atoms with E-state index in [9.17, 15) is 14.7 Å². The molecule has 1 rings (SSSR count). The number of hydrogen-bond acceptors (Lipinski definition) is 6. The van der Waals surface area contributed by atoms with E-state index in [-0.39, 0.29) is 11.3 Å². The van der Waals surface area contributed by atoms with Crippen LogP contribution in [0.1, 0.15) is 19.4 Å². The molecule has 0 aliphatic rings. The van der Waals surface area contributed by atoms with E-state index in [4.69, 9.17) is 9.47 Å². The molecular weight excluding hydrogens is 276 g/mol. The summed E-state index contributed by atoms with van der Waals surface area (Å²) >= 11 is 0. The number of hydrogen-bond donors (Lipinski definition) is 1. The van der Waals surface area contributed by atoms with Crippen molar-refractivity contribution in [2.45, 2.75) is 13.8 Å². The summed E-state index contributed by atoms with van der Waals surface area (Å²) in [4.78, 5) is 22.5. The van der Waals surface area contributed by atoms with Crippen LogP contribution in [0.4, 0.5) is 0 Å². The van der Waals surface area contributed by atoms with Gasteiger partial charge in [0.15, 0.2) is 0 Å². The van der Waals surface area contributed by atoms with Gasteiger partial charge in [0.05, 0.1) is 25.9 Å². The molecule has 0 bridgehead atoms. The van der Waals surface area contributed by atoms with Gasteiger partial charge in [0, 0.05) is 12.1 Å². The van der Waals surface area contributed by atoms with Crippen LogP contribution in [-0.2, 0) is 14.3 Å². The molecule has 0 heterocycles. The highest BCUT2D eigenvalue weighted by Gasteiger charge is 2.15. The van der Waals surface area contributed by atoms with Crippen LogP contribution in [0, 0.1) is 0 Å². The highest BCUT2D eigenvalue weighted by molar-refractivity contribution is 6.39. The second-order valence-corrected chi connectivity index (χ2v) is 3.91. The molecule has 0 amide bonds. The van der Waals surface area contributed by atoms with E-state index in [0.29, 0.717) is 24.7 Å². The Kier molecular flexibility index (Phi) is 6.26. The Bertz CT molecular complexity index is 547. The minimum Gasteiger partial charge on any atom is -0.507 e. The first-order chi connectivity index (χ1) is 10.0. The SMILES string of the molecule is CCOc1ccc(C(O)=CC(=O)C(=O)OC)c(OCC)c1. The highest BCUT2D eigenvalue weighted by atomic mass is 16.5. The molecule has 1 N–H and O–H groups in total. The second kappa shape index (κ2) is 7.94. The summed E-state index contributed by atoms with van der Waals surface area (Å²) in [5.41, 5.74) is 0.289. The molecule has 1 aromatic rings. The van der Waals surface area contributed by atoms with Crippen LogP contribution in [0.5, 0.6) is 11.5 Å². The van der Waals surface area contributed by atoms with Gasteiger partial charge in [-0.1, -0.05) is 0 Å². The lowest BCUT2D eigenvalue weighted by Crippen LogP contribution is -2.13. The fourth-order valence-corrected chi connectivity index (χ4v) is 1.61. The highest BCUT2D eigenvalue weighted by Crippen LogP contribution is 2.29. The Morgan fingerprint density at radius 1 is 1.19 bits per heavy atom. The molecule has 0 radical (unpaired) electrons. The molecule has 0 saturated heterocycles. The number of aliphatic hydroxyl groups is 1. The molecule has 0 unspecified atom stereocenters. The van der Waals surface area contributed by atoms with Crippen LogP contribution in [0.25, 0.3) is 5.76 Å². The standard InChI is InChI=1S/C15H18O6/c1-4-20-10-6-7-11(14(8-10)21-5-2)12(16)9-13(17)15(18)19-3/h6-9,16H,4-5H2,1-3H3. The number of rotatable bonds is 7. The third kappa shape index (κ3) is 4.52. The summed E-state index contributed by atoms with van der Waals surface area (Å²) in [6.45, 7) is 4.51. The number of benzene rings is 1. The molecule has 0 aliphatic heterocycles. The summed E-state index contributed by atoms with van der Waals surface area (Å²) in [5, 5.41) is 9.98. The monoisotopic (exact) mass is 294 g/mol. The minimum atomic E-state index is -1.05. The normalized spacial score (nSPS) is 10.9. The van der Waals surface area contributed by atoms with Gasteiger partial charge in [0.25, 0.3) is 5.78 Å². The molecule has 0 aromatic heterocycles. The average molecular weight is 294 g/mol. The van der Waals surface area contributed by atoms with Crippen LogP contribution in [-0.4, -0.2) is 37.2 Å². The van der Waals surface area contributed by atoms with Crippen LogP contribution < -0.4 is 9.47 Å². The van der Waals surface area contributed by atoms with Crippen molar-refractivity contribution in [3.63, 3.8) is 0 Å². The van der Waals surface area contributed by atoms with Crippen molar-refractivity contribution in [1.82, 2.24) is 0 Å². The quantitative estimate of drug-likeness (QED) is 0.359. The molecule has 0 fully saturated rings. The first kappa shape index (κ1) is 16.6. The van der Waals surface area contributed by atoms with Gasteiger partial charge in [-0.2, -0.15) is 0 Å². The van der Waals surface area contributed by atoms with Crippen LogP contribution in [0.2, 0.25) is 0 Å². The van der Waals surface area contributed by atoms with Gasteiger partial charge in [-0.25, -0.2) is 4.79 Å². The summed E-state index contributed by atoms with van der Waals surface area (Å²) < 4.78 is 15.0. The number of ketones is 1. The van der Waals surface area contributed by atoms with Crippen molar-refractivity contribution in [1.29, 1.82) is 0 Å². The molecule has 6 nitrogen and oxygen atoms in total. The number of carbonyl (C=O) groups excluding carboxylic acids is 2. The summed E-state index contributed by atoms with van der Waals surface area (Å²) in [6.07, 6.45) is 0.796. The maximum absolute atomic E-state index is 11.4. The van der Waals surface area contributed by atoms with Crippen molar-refractivity contribution in [3.8, 4) is 11.5 Å². The Labute approximate surface area is 122 Å². The van der Waals surface area contributed by atoms with Gasteiger partial charge in [-0.15, -0.1) is 0 Å². The summed E-state index contributed by atoms with van der Waals surface area (Å²) in [6, 6.07) is 4.79. The Balaban J connectivity index is 3.12. The zero-order valence-corrected chi connectivity index (χ0v) is 12.2. The van der Waals surface area contributed by atoms with Crippen LogP contribution in [0.15, 0.2) is 24.3 Å². The van der Waals surface area contributed by atoms with Crippen molar-refractivity contribution in [2.24, 2.45) is 0 Å². The van der Waals surface area contributed by atoms with E-state index < -0.39 is 11.8 Å². The smallest absolute Gasteiger partial charge is 0.378 e. The third-order valence-corrected chi connectivity index (χ3v) is 2.49.